The molecule has 6 nitrogen and oxygen atoms in total. The van der Waals surface area contributed by atoms with Crippen molar-refractivity contribution >= 4 is 23.4 Å². The SMILES string of the molecule is CN1C(=O)c2ccccc2C1CNCc1ccns1.O=C(O)C(F)(F)F. The van der Waals surface area contributed by atoms with Gasteiger partial charge in [-0.05, 0) is 29.2 Å². The molecule has 0 saturated carbocycles. The highest BCUT2D eigenvalue weighted by molar-refractivity contribution is 7.05. The van der Waals surface area contributed by atoms with E-state index >= 15 is 0 Å². The molecule has 1 aromatic carbocycles. The summed E-state index contributed by atoms with van der Waals surface area (Å²) in [6, 6.07) is 9.97. The molecule has 26 heavy (non-hydrogen) atoms. The van der Waals surface area contributed by atoms with Crippen LogP contribution in [0.5, 0.6) is 0 Å². The maximum atomic E-state index is 12.1. The van der Waals surface area contributed by atoms with Crippen LogP contribution in [-0.2, 0) is 11.3 Å². The highest BCUT2D eigenvalue weighted by atomic mass is 32.1. The Hall–Kier alpha value is -2.46. The summed E-state index contributed by atoms with van der Waals surface area (Å²) in [6.07, 6.45) is -3.28. The number of carbonyl (C=O) groups is 2. The standard InChI is InChI=1S/C14H15N3OS.C2HF3O2/c1-17-13(9-15-8-10-6-7-16-19-10)11-4-2-3-5-12(11)14(17)18;3-2(4,5)1(6)7/h2-7,13,15H,8-9H2,1H3;(H,6,7). The average molecular weight is 387 g/mol. The van der Waals surface area contributed by atoms with Crippen molar-refractivity contribution in [2.24, 2.45) is 0 Å². The summed E-state index contributed by atoms with van der Waals surface area (Å²) in [5.74, 6) is -2.65. The first kappa shape index (κ1) is 19.9. The molecule has 0 radical (unpaired) electrons. The Morgan fingerprint density at radius 1 is 1.35 bits per heavy atom. The minimum Gasteiger partial charge on any atom is -0.475 e. The molecule has 10 heteroatoms. The Morgan fingerprint density at radius 2 is 2.00 bits per heavy atom. The van der Waals surface area contributed by atoms with Gasteiger partial charge in [0.15, 0.2) is 0 Å². The van der Waals surface area contributed by atoms with Crippen LogP contribution in [0, 0.1) is 0 Å². The van der Waals surface area contributed by atoms with Crippen LogP contribution in [-0.4, -0.2) is 46.0 Å². The van der Waals surface area contributed by atoms with Crippen LogP contribution in [0.4, 0.5) is 13.2 Å². The fraction of sp³-hybridized carbons (Fsp3) is 0.312. The topological polar surface area (TPSA) is 82.5 Å². The molecule has 0 spiro atoms. The monoisotopic (exact) mass is 387 g/mol. The molecule has 2 N–H and O–H groups in total. The Morgan fingerprint density at radius 3 is 2.58 bits per heavy atom. The number of likely N-dealkylation sites (N-methyl/N-ethyl adjacent to an activating group) is 1. The van der Waals surface area contributed by atoms with Gasteiger partial charge in [-0.1, -0.05) is 18.2 Å². The third-order valence-electron chi connectivity index (χ3n) is 3.71. The molecule has 0 aliphatic carbocycles. The molecule has 2 heterocycles. The van der Waals surface area contributed by atoms with Crippen molar-refractivity contribution in [2.45, 2.75) is 18.8 Å². The molecule has 1 aliphatic rings. The number of carbonyl (C=O) groups excluding carboxylic acids is 1. The number of amides is 1. The normalized spacial score (nSPS) is 16.1. The first-order valence-electron chi connectivity index (χ1n) is 7.48. The maximum absolute atomic E-state index is 12.1. The van der Waals surface area contributed by atoms with E-state index in [2.05, 4.69) is 9.69 Å². The number of hydrogen-bond acceptors (Lipinski definition) is 5. The van der Waals surface area contributed by atoms with E-state index in [1.165, 1.54) is 16.4 Å². The third kappa shape index (κ3) is 4.79. The predicted molar refractivity (Wildman–Crippen MR) is 88.8 cm³/mol. The van der Waals surface area contributed by atoms with Crippen LogP contribution < -0.4 is 5.32 Å². The molecule has 1 atom stereocenters. The van der Waals surface area contributed by atoms with Crippen molar-refractivity contribution in [2.75, 3.05) is 13.6 Å². The molecule has 1 amide bonds. The maximum Gasteiger partial charge on any atom is 0.490 e. The minimum atomic E-state index is -5.08. The van der Waals surface area contributed by atoms with Gasteiger partial charge >= 0.3 is 12.1 Å². The summed E-state index contributed by atoms with van der Waals surface area (Å²) < 4.78 is 35.8. The van der Waals surface area contributed by atoms with Crippen LogP contribution >= 0.6 is 11.5 Å². The van der Waals surface area contributed by atoms with Crippen molar-refractivity contribution < 1.29 is 27.9 Å². The molecule has 1 aromatic heterocycles. The van der Waals surface area contributed by atoms with Gasteiger partial charge in [0.1, 0.15) is 0 Å². The average Bonchev–Trinajstić information content (AvgIpc) is 3.18. The van der Waals surface area contributed by atoms with E-state index in [0.29, 0.717) is 0 Å². The van der Waals surface area contributed by atoms with E-state index in [1.54, 1.807) is 0 Å². The van der Waals surface area contributed by atoms with E-state index in [0.717, 1.165) is 24.2 Å². The van der Waals surface area contributed by atoms with Gasteiger partial charge in [-0.3, -0.25) is 4.79 Å². The number of aromatic nitrogens is 1. The number of halogens is 3. The summed E-state index contributed by atoms with van der Waals surface area (Å²) in [7, 11) is 1.86. The number of nitrogens with one attached hydrogen (secondary N) is 1. The van der Waals surface area contributed by atoms with E-state index < -0.39 is 12.1 Å². The van der Waals surface area contributed by atoms with Gasteiger partial charge in [0.05, 0.1) is 6.04 Å². The largest absolute Gasteiger partial charge is 0.490 e. The molecule has 2 aromatic rings. The number of alkyl halides is 3. The van der Waals surface area contributed by atoms with E-state index in [4.69, 9.17) is 9.90 Å². The highest BCUT2D eigenvalue weighted by Gasteiger charge is 2.38. The van der Waals surface area contributed by atoms with Gasteiger partial charge in [0, 0.05) is 36.8 Å². The molecule has 0 fully saturated rings. The number of rotatable bonds is 4. The molecule has 3 rings (SSSR count). The number of carboxylic acids is 1. The van der Waals surface area contributed by atoms with Crippen LogP contribution in [0.2, 0.25) is 0 Å². The van der Waals surface area contributed by atoms with Crippen molar-refractivity contribution in [3.8, 4) is 0 Å². The zero-order chi connectivity index (χ0) is 19.3. The smallest absolute Gasteiger partial charge is 0.475 e. The number of aliphatic carboxylic acids is 1. The molecule has 1 unspecified atom stereocenters. The summed E-state index contributed by atoms with van der Waals surface area (Å²) in [4.78, 5) is 24.0. The van der Waals surface area contributed by atoms with E-state index in [-0.39, 0.29) is 11.9 Å². The second-order valence-corrected chi connectivity index (χ2v) is 6.35. The van der Waals surface area contributed by atoms with Gasteiger partial charge in [-0.15, -0.1) is 0 Å². The first-order valence-corrected chi connectivity index (χ1v) is 8.25. The molecule has 140 valence electrons. The molecular weight excluding hydrogens is 371 g/mol. The summed E-state index contributed by atoms with van der Waals surface area (Å²) in [5, 5.41) is 10.5. The predicted octanol–water partition coefficient (Wildman–Crippen LogP) is 2.69. The van der Waals surface area contributed by atoms with Gasteiger partial charge < -0.3 is 15.3 Å². The summed E-state index contributed by atoms with van der Waals surface area (Å²) in [5.41, 5.74) is 1.95. The van der Waals surface area contributed by atoms with Gasteiger partial charge in [0.25, 0.3) is 5.91 Å². The second-order valence-electron chi connectivity index (χ2n) is 5.43. The second kappa shape index (κ2) is 8.28. The third-order valence-corrected chi connectivity index (χ3v) is 4.45. The lowest BCUT2D eigenvalue weighted by Crippen LogP contribution is -2.31. The van der Waals surface area contributed by atoms with Gasteiger partial charge in [-0.2, -0.15) is 13.2 Å². The fourth-order valence-electron chi connectivity index (χ4n) is 2.43. The Bertz CT molecular complexity index is 766. The van der Waals surface area contributed by atoms with Crippen molar-refractivity contribution in [1.29, 1.82) is 0 Å². The van der Waals surface area contributed by atoms with Crippen molar-refractivity contribution in [3.63, 3.8) is 0 Å². The minimum absolute atomic E-state index is 0.111. The number of hydrogen-bond donors (Lipinski definition) is 2. The zero-order valence-corrected chi connectivity index (χ0v) is 14.5. The number of carboxylic acid groups (broad SMARTS) is 1. The Kier molecular flexibility index (Phi) is 6.32. The summed E-state index contributed by atoms with van der Waals surface area (Å²) in [6.45, 7) is 1.56. The van der Waals surface area contributed by atoms with E-state index in [9.17, 15) is 18.0 Å². The van der Waals surface area contributed by atoms with Gasteiger partial charge in [0.2, 0.25) is 0 Å². The fourth-order valence-corrected chi connectivity index (χ4v) is 2.98. The van der Waals surface area contributed by atoms with Crippen LogP contribution in [0.3, 0.4) is 0 Å². The van der Waals surface area contributed by atoms with Gasteiger partial charge in [-0.25, -0.2) is 9.17 Å². The first-order chi connectivity index (χ1) is 12.2. The zero-order valence-electron chi connectivity index (χ0n) is 13.7. The molecule has 0 saturated heterocycles. The van der Waals surface area contributed by atoms with Crippen LogP contribution in [0.15, 0.2) is 36.5 Å². The molecule has 1 aliphatic heterocycles. The number of benzene rings is 1. The highest BCUT2D eigenvalue weighted by Crippen LogP contribution is 2.31. The summed E-state index contributed by atoms with van der Waals surface area (Å²) >= 11 is 1.50. The van der Waals surface area contributed by atoms with Crippen molar-refractivity contribution in [1.82, 2.24) is 14.6 Å². The Balaban J connectivity index is 0.000000298. The lowest BCUT2D eigenvalue weighted by Gasteiger charge is -2.21. The lowest BCUT2D eigenvalue weighted by atomic mass is 10.0. The molecule has 0 bridgehead atoms. The van der Waals surface area contributed by atoms with Crippen LogP contribution in [0.1, 0.15) is 26.8 Å². The molecular formula is C16H16F3N3O3S. The van der Waals surface area contributed by atoms with Crippen molar-refractivity contribution in [3.05, 3.63) is 52.5 Å². The van der Waals surface area contributed by atoms with E-state index in [1.807, 2.05) is 48.5 Å². The lowest BCUT2D eigenvalue weighted by molar-refractivity contribution is -0.192. The number of fused-ring (bicyclic) bond motifs is 1. The number of nitrogens with zero attached hydrogens (tertiary/aromatic N) is 2. The quantitative estimate of drug-likeness (QED) is 0.843. The Labute approximate surface area is 151 Å². The van der Waals surface area contributed by atoms with Crippen LogP contribution in [0.25, 0.3) is 0 Å².